The number of aryl methyl sites for hydroxylation is 1. The fourth-order valence-electron chi connectivity index (χ4n) is 1.82. The van der Waals surface area contributed by atoms with Gasteiger partial charge in [-0.2, -0.15) is 5.10 Å². The van der Waals surface area contributed by atoms with Gasteiger partial charge in [-0.15, -0.1) is 0 Å². The van der Waals surface area contributed by atoms with Gasteiger partial charge in [-0.05, 0) is 19.9 Å². The minimum absolute atomic E-state index is 0.561. The maximum Gasteiger partial charge on any atom is 0.138 e. The number of rotatable bonds is 2. The first-order chi connectivity index (χ1) is 5.92. The summed E-state index contributed by atoms with van der Waals surface area (Å²) >= 11 is 0. The van der Waals surface area contributed by atoms with E-state index >= 15 is 0 Å². The third-order valence-electron chi connectivity index (χ3n) is 2.38. The summed E-state index contributed by atoms with van der Waals surface area (Å²) < 4.78 is 2.02. The molecule has 0 amide bonds. The summed E-state index contributed by atoms with van der Waals surface area (Å²) in [5.41, 5.74) is 0. The Morgan fingerprint density at radius 1 is 1.75 bits per heavy atom. The van der Waals surface area contributed by atoms with Gasteiger partial charge in [-0.3, -0.25) is 0 Å². The van der Waals surface area contributed by atoms with Crippen LogP contribution in [0.2, 0.25) is 0 Å². The van der Waals surface area contributed by atoms with Crippen molar-refractivity contribution in [1.29, 1.82) is 0 Å². The molecule has 66 valence electrons. The quantitative estimate of drug-likeness (QED) is 0.690. The Labute approximate surface area is 72.0 Å². The van der Waals surface area contributed by atoms with Gasteiger partial charge in [0.2, 0.25) is 0 Å². The molecule has 1 N–H and O–H groups in total. The highest BCUT2D eigenvalue weighted by molar-refractivity contribution is 4.99. The van der Waals surface area contributed by atoms with Gasteiger partial charge in [0.25, 0.3) is 0 Å². The van der Waals surface area contributed by atoms with Gasteiger partial charge in [0.15, 0.2) is 0 Å². The van der Waals surface area contributed by atoms with Crippen LogP contribution in [0.5, 0.6) is 0 Å². The molecule has 0 spiro atoms. The summed E-state index contributed by atoms with van der Waals surface area (Å²) in [6.07, 6.45) is 4.12. The lowest BCUT2D eigenvalue weighted by Gasteiger charge is -2.21. The van der Waals surface area contributed by atoms with Crippen LogP contribution in [0.4, 0.5) is 0 Å². The molecule has 1 aromatic rings. The zero-order valence-corrected chi connectivity index (χ0v) is 7.32. The number of aromatic nitrogens is 3. The highest BCUT2D eigenvalue weighted by Gasteiger charge is 2.20. The third-order valence-corrected chi connectivity index (χ3v) is 2.38. The lowest BCUT2D eigenvalue weighted by Crippen LogP contribution is -2.25. The lowest BCUT2D eigenvalue weighted by atomic mass is 9.99. The highest BCUT2D eigenvalue weighted by atomic mass is 15.3. The zero-order chi connectivity index (χ0) is 8.39. The molecule has 4 heteroatoms. The Morgan fingerprint density at radius 3 is 3.50 bits per heavy atom. The molecule has 0 radical (unpaired) electrons. The van der Waals surface area contributed by atoms with E-state index < -0.39 is 0 Å². The molecule has 1 aliphatic rings. The number of hydrogen-bond donors (Lipinski definition) is 1. The van der Waals surface area contributed by atoms with E-state index in [9.17, 15) is 0 Å². The molecule has 2 rings (SSSR count). The summed E-state index contributed by atoms with van der Waals surface area (Å²) in [6.45, 7) is 2.05. The Balaban J connectivity index is 2.19. The van der Waals surface area contributed by atoms with Crippen LogP contribution in [0.25, 0.3) is 0 Å². The fraction of sp³-hybridized carbons (Fsp3) is 0.750. The van der Waals surface area contributed by atoms with E-state index in [-0.39, 0.29) is 0 Å². The van der Waals surface area contributed by atoms with Crippen LogP contribution in [0.3, 0.4) is 0 Å². The van der Waals surface area contributed by atoms with Crippen molar-refractivity contribution in [3.63, 3.8) is 0 Å². The fourth-order valence-corrected chi connectivity index (χ4v) is 1.82. The summed E-state index contributed by atoms with van der Waals surface area (Å²) in [6, 6.07) is 0. The number of nitrogens with one attached hydrogen (secondary N) is 1. The van der Waals surface area contributed by atoms with E-state index in [4.69, 9.17) is 0 Å². The number of hydrogen-bond acceptors (Lipinski definition) is 3. The topological polar surface area (TPSA) is 42.7 Å². The predicted octanol–water partition coefficient (Wildman–Crippen LogP) is 0.375. The van der Waals surface area contributed by atoms with Gasteiger partial charge < -0.3 is 5.32 Å². The molecule has 12 heavy (non-hydrogen) atoms. The van der Waals surface area contributed by atoms with Crippen LogP contribution in [0, 0.1) is 0 Å². The molecular weight excluding hydrogens is 152 g/mol. The van der Waals surface area contributed by atoms with Gasteiger partial charge in [0.05, 0.1) is 0 Å². The van der Waals surface area contributed by atoms with E-state index in [1.807, 2.05) is 11.7 Å². The first kappa shape index (κ1) is 7.73. The molecule has 1 unspecified atom stereocenters. The Hall–Kier alpha value is -0.900. The smallest absolute Gasteiger partial charge is 0.138 e. The van der Waals surface area contributed by atoms with Crippen molar-refractivity contribution in [3.05, 3.63) is 12.2 Å². The number of nitrogens with zero attached hydrogens (tertiary/aromatic N) is 3. The van der Waals surface area contributed by atoms with Crippen molar-refractivity contribution >= 4 is 0 Å². The Bertz CT molecular complexity index is 255. The van der Waals surface area contributed by atoms with Crippen molar-refractivity contribution in [3.8, 4) is 0 Å². The third kappa shape index (κ3) is 1.22. The largest absolute Gasteiger partial charge is 0.319 e. The van der Waals surface area contributed by atoms with Crippen LogP contribution in [0.15, 0.2) is 6.33 Å². The van der Waals surface area contributed by atoms with Crippen molar-refractivity contribution in [2.75, 3.05) is 13.6 Å². The van der Waals surface area contributed by atoms with Crippen LogP contribution < -0.4 is 5.32 Å². The monoisotopic (exact) mass is 166 g/mol. The Kier molecular flexibility index (Phi) is 2.08. The van der Waals surface area contributed by atoms with E-state index in [1.165, 1.54) is 12.8 Å². The van der Waals surface area contributed by atoms with Gasteiger partial charge in [0, 0.05) is 19.0 Å². The second-order valence-corrected chi connectivity index (χ2v) is 3.24. The SMILES string of the molecule is CNCC1CCCn2ncnc21. The second kappa shape index (κ2) is 3.23. The molecular formula is C8H14N4. The minimum Gasteiger partial charge on any atom is -0.319 e. The standard InChI is InChI=1S/C8H14N4/c1-9-5-7-3-2-4-12-8(7)10-6-11-12/h6-7,9H,2-5H2,1H3. The molecule has 2 heterocycles. The van der Waals surface area contributed by atoms with Crippen molar-refractivity contribution < 1.29 is 0 Å². The molecule has 4 nitrogen and oxygen atoms in total. The second-order valence-electron chi connectivity index (χ2n) is 3.24. The van der Waals surface area contributed by atoms with Crippen LogP contribution in [-0.4, -0.2) is 28.4 Å². The first-order valence-corrected chi connectivity index (χ1v) is 4.44. The molecule has 0 bridgehead atoms. The van der Waals surface area contributed by atoms with Gasteiger partial charge in [-0.1, -0.05) is 0 Å². The van der Waals surface area contributed by atoms with Crippen molar-refractivity contribution in [2.45, 2.75) is 25.3 Å². The molecule has 0 saturated carbocycles. The van der Waals surface area contributed by atoms with Crippen LogP contribution in [-0.2, 0) is 6.54 Å². The van der Waals surface area contributed by atoms with E-state index in [2.05, 4.69) is 15.4 Å². The molecule has 1 aliphatic heterocycles. The maximum atomic E-state index is 4.27. The van der Waals surface area contributed by atoms with E-state index in [0.717, 1.165) is 18.9 Å². The van der Waals surface area contributed by atoms with Crippen molar-refractivity contribution in [1.82, 2.24) is 20.1 Å². The predicted molar refractivity (Wildman–Crippen MR) is 45.9 cm³/mol. The molecule has 1 atom stereocenters. The molecule has 1 aromatic heterocycles. The maximum absolute atomic E-state index is 4.27. The molecule has 0 fully saturated rings. The summed E-state index contributed by atoms with van der Waals surface area (Å²) in [4.78, 5) is 4.27. The van der Waals surface area contributed by atoms with Gasteiger partial charge in [0.1, 0.15) is 12.2 Å². The minimum atomic E-state index is 0.561. The average molecular weight is 166 g/mol. The van der Waals surface area contributed by atoms with E-state index in [0.29, 0.717) is 5.92 Å². The zero-order valence-electron chi connectivity index (χ0n) is 7.32. The van der Waals surface area contributed by atoms with E-state index in [1.54, 1.807) is 6.33 Å². The molecule has 0 aromatic carbocycles. The van der Waals surface area contributed by atoms with Crippen LogP contribution >= 0.6 is 0 Å². The molecule has 0 saturated heterocycles. The number of fused-ring (bicyclic) bond motifs is 1. The summed E-state index contributed by atoms with van der Waals surface area (Å²) in [7, 11) is 1.98. The molecule has 0 aliphatic carbocycles. The first-order valence-electron chi connectivity index (χ1n) is 4.44. The van der Waals surface area contributed by atoms with Gasteiger partial charge in [-0.25, -0.2) is 9.67 Å². The highest BCUT2D eigenvalue weighted by Crippen LogP contribution is 2.23. The summed E-state index contributed by atoms with van der Waals surface area (Å²) in [5.74, 6) is 1.71. The Morgan fingerprint density at radius 2 is 2.67 bits per heavy atom. The normalized spacial score (nSPS) is 22.2. The van der Waals surface area contributed by atoms with Crippen LogP contribution in [0.1, 0.15) is 24.6 Å². The van der Waals surface area contributed by atoms with Crippen molar-refractivity contribution in [2.24, 2.45) is 0 Å². The van der Waals surface area contributed by atoms with Gasteiger partial charge >= 0.3 is 0 Å². The number of likely N-dealkylation sites (N-methyl/N-ethyl adjacent to an activating group) is 1. The average Bonchev–Trinajstić information content (AvgIpc) is 2.53. The lowest BCUT2D eigenvalue weighted by molar-refractivity contribution is 0.407. The summed E-state index contributed by atoms with van der Waals surface area (Å²) in [5, 5.41) is 7.35.